The van der Waals surface area contributed by atoms with Crippen LogP contribution in [0, 0.1) is 5.82 Å². The second-order valence-electron chi connectivity index (χ2n) is 7.67. The van der Waals surface area contributed by atoms with Crippen molar-refractivity contribution in [1.82, 2.24) is 19.9 Å². The van der Waals surface area contributed by atoms with Crippen molar-refractivity contribution in [3.05, 3.63) is 67.4 Å². The van der Waals surface area contributed by atoms with Crippen molar-refractivity contribution in [3.8, 4) is 17.0 Å². The molecule has 4 aromatic rings. The predicted octanol–water partition coefficient (Wildman–Crippen LogP) is 4.00. The first-order valence-electron chi connectivity index (χ1n) is 10.2. The summed E-state index contributed by atoms with van der Waals surface area (Å²) in [7, 11) is 0. The maximum absolute atomic E-state index is 15.7. The van der Waals surface area contributed by atoms with Crippen LogP contribution >= 0.6 is 0 Å². The summed E-state index contributed by atoms with van der Waals surface area (Å²) in [6.45, 7) is 8.02. The fourth-order valence-electron chi connectivity index (χ4n) is 4.23. The molecule has 1 aliphatic heterocycles. The fraction of sp³-hybridized carbons (Fsp3) is 0.208. The summed E-state index contributed by atoms with van der Waals surface area (Å²) in [5, 5.41) is 12.4. The van der Waals surface area contributed by atoms with Gasteiger partial charge in [0.05, 0.1) is 5.39 Å². The molecule has 3 heterocycles. The number of aromatic nitrogens is 3. The van der Waals surface area contributed by atoms with E-state index in [-0.39, 0.29) is 17.0 Å². The van der Waals surface area contributed by atoms with Crippen molar-refractivity contribution in [2.75, 3.05) is 37.6 Å². The second kappa shape index (κ2) is 7.92. The topological polar surface area (TPSA) is 65.4 Å². The number of hydrogen-bond acceptors (Lipinski definition) is 6. The van der Waals surface area contributed by atoms with Gasteiger partial charge in [0, 0.05) is 44.5 Å². The number of fused-ring (bicyclic) bond motifs is 2. The molecule has 0 aliphatic carbocycles. The van der Waals surface area contributed by atoms with E-state index in [1.54, 1.807) is 18.3 Å². The molecule has 31 heavy (non-hydrogen) atoms. The van der Waals surface area contributed by atoms with Gasteiger partial charge in [0.2, 0.25) is 0 Å². The van der Waals surface area contributed by atoms with Crippen LogP contribution in [0.5, 0.6) is 5.75 Å². The number of hydrogen-bond donors (Lipinski definition) is 1. The molecule has 0 unspecified atom stereocenters. The highest BCUT2D eigenvalue weighted by atomic mass is 19.1. The van der Waals surface area contributed by atoms with E-state index < -0.39 is 5.82 Å². The molecule has 1 aliphatic rings. The van der Waals surface area contributed by atoms with Crippen molar-refractivity contribution in [2.45, 2.75) is 0 Å². The molecular formula is C24H22FN5O. The summed E-state index contributed by atoms with van der Waals surface area (Å²) < 4.78 is 15.7. The van der Waals surface area contributed by atoms with E-state index in [2.05, 4.69) is 31.3 Å². The van der Waals surface area contributed by atoms with E-state index in [1.807, 2.05) is 30.3 Å². The third kappa shape index (κ3) is 3.47. The molecule has 0 amide bonds. The number of nitrogens with zero attached hydrogens (tertiary/aromatic N) is 5. The minimum absolute atomic E-state index is 0.0655. The molecule has 1 saturated heterocycles. The molecule has 5 rings (SSSR count). The maximum Gasteiger partial charge on any atom is 0.175 e. The maximum atomic E-state index is 15.7. The molecule has 0 atom stereocenters. The molecule has 1 fully saturated rings. The third-order valence-corrected chi connectivity index (χ3v) is 5.76. The molecule has 2 aromatic carbocycles. The number of anilines is 1. The smallest absolute Gasteiger partial charge is 0.175 e. The summed E-state index contributed by atoms with van der Waals surface area (Å²) in [5.74, 6) is 0.250. The van der Waals surface area contributed by atoms with E-state index in [9.17, 15) is 5.11 Å². The molecule has 0 saturated carbocycles. The van der Waals surface area contributed by atoms with Crippen LogP contribution in [0.4, 0.5) is 10.2 Å². The number of rotatable bonds is 4. The Bertz CT molecular complexity index is 1280. The van der Waals surface area contributed by atoms with Gasteiger partial charge in [-0.1, -0.05) is 30.3 Å². The number of phenols is 1. The van der Waals surface area contributed by atoms with E-state index in [0.29, 0.717) is 16.8 Å². The number of aromatic hydroxyl groups is 1. The highest BCUT2D eigenvalue weighted by Crippen LogP contribution is 2.35. The van der Waals surface area contributed by atoms with Crippen molar-refractivity contribution >= 4 is 27.5 Å². The Morgan fingerprint density at radius 1 is 1.03 bits per heavy atom. The molecular weight excluding hydrogens is 393 g/mol. The van der Waals surface area contributed by atoms with Crippen LogP contribution in [0.1, 0.15) is 0 Å². The van der Waals surface area contributed by atoms with Crippen LogP contribution in [-0.4, -0.2) is 57.7 Å². The van der Waals surface area contributed by atoms with Crippen LogP contribution in [-0.2, 0) is 0 Å². The van der Waals surface area contributed by atoms with Crippen molar-refractivity contribution in [2.24, 2.45) is 0 Å². The molecule has 1 N–H and O–H groups in total. The zero-order valence-corrected chi connectivity index (χ0v) is 17.0. The van der Waals surface area contributed by atoms with Crippen LogP contribution in [0.25, 0.3) is 32.9 Å². The molecule has 0 bridgehead atoms. The van der Waals surface area contributed by atoms with Crippen molar-refractivity contribution in [3.63, 3.8) is 0 Å². The average molecular weight is 415 g/mol. The first-order valence-corrected chi connectivity index (χ1v) is 10.2. The number of halogens is 1. The van der Waals surface area contributed by atoms with Crippen LogP contribution in [0.2, 0.25) is 0 Å². The van der Waals surface area contributed by atoms with Crippen LogP contribution in [0.3, 0.4) is 0 Å². The van der Waals surface area contributed by atoms with Gasteiger partial charge in [0.15, 0.2) is 5.82 Å². The summed E-state index contributed by atoms with van der Waals surface area (Å²) in [5.41, 5.74) is 0.934. The van der Waals surface area contributed by atoms with Gasteiger partial charge in [-0.05, 0) is 22.9 Å². The van der Waals surface area contributed by atoms with E-state index in [4.69, 9.17) is 0 Å². The monoisotopic (exact) mass is 415 g/mol. The van der Waals surface area contributed by atoms with E-state index in [1.165, 1.54) is 6.33 Å². The Labute approximate surface area is 179 Å². The summed E-state index contributed by atoms with van der Waals surface area (Å²) >= 11 is 0. The molecule has 6 nitrogen and oxygen atoms in total. The molecule has 2 aromatic heterocycles. The zero-order chi connectivity index (χ0) is 21.4. The normalized spacial score (nSPS) is 14.9. The summed E-state index contributed by atoms with van der Waals surface area (Å²) in [6, 6.07) is 10.7. The summed E-state index contributed by atoms with van der Waals surface area (Å²) in [6.07, 6.45) is 4.95. The van der Waals surface area contributed by atoms with Crippen molar-refractivity contribution in [1.29, 1.82) is 0 Å². The first-order chi connectivity index (χ1) is 15.2. The van der Waals surface area contributed by atoms with Gasteiger partial charge in [0.25, 0.3) is 0 Å². The molecule has 7 heteroatoms. The second-order valence-corrected chi connectivity index (χ2v) is 7.67. The number of phenolic OH excluding ortho intramolecular Hbond substituents is 1. The third-order valence-electron chi connectivity index (χ3n) is 5.76. The highest BCUT2D eigenvalue weighted by molar-refractivity contribution is 5.99. The Hall–Kier alpha value is -3.58. The Balaban J connectivity index is 1.59. The first kappa shape index (κ1) is 19.4. The quantitative estimate of drug-likeness (QED) is 0.509. The van der Waals surface area contributed by atoms with Gasteiger partial charge in [-0.2, -0.15) is 0 Å². The standard InChI is InChI=1S/C24H22FN5O/c1-2-7-29-8-10-30(11-9-29)24-20-14-26-22(21(25)23(20)27-15-28-24)19-13-17(31)12-16-5-3-4-6-18(16)19/h2-6,12-15,31H,1,7-11H2. The lowest BCUT2D eigenvalue weighted by molar-refractivity contribution is 0.284. The molecule has 0 spiro atoms. The molecule has 156 valence electrons. The Kier molecular flexibility index (Phi) is 4.95. The minimum atomic E-state index is -0.512. The van der Waals surface area contributed by atoms with Gasteiger partial charge in [0.1, 0.15) is 29.1 Å². The van der Waals surface area contributed by atoms with Gasteiger partial charge < -0.3 is 10.0 Å². The lowest BCUT2D eigenvalue weighted by Gasteiger charge is -2.35. The van der Waals surface area contributed by atoms with Crippen molar-refractivity contribution < 1.29 is 9.50 Å². The van der Waals surface area contributed by atoms with Gasteiger partial charge >= 0.3 is 0 Å². The predicted molar refractivity (Wildman–Crippen MR) is 121 cm³/mol. The van der Waals surface area contributed by atoms with Gasteiger partial charge in [-0.3, -0.25) is 9.88 Å². The van der Waals surface area contributed by atoms with Crippen LogP contribution < -0.4 is 4.90 Å². The lowest BCUT2D eigenvalue weighted by Crippen LogP contribution is -2.46. The summed E-state index contributed by atoms with van der Waals surface area (Å²) in [4.78, 5) is 17.6. The Morgan fingerprint density at radius 3 is 2.65 bits per heavy atom. The van der Waals surface area contributed by atoms with E-state index >= 15 is 4.39 Å². The van der Waals surface area contributed by atoms with Crippen LogP contribution in [0.15, 0.2) is 61.6 Å². The van der Waals surface area contributed by atoms with Gasteiger partial charge in [-0.25, -0.2) is 14.4 Å². The SMILES string of the molecule is C=CCN1CCN(c2ncnc3c(F)c(-c4cc(O)cc5ccccc45)ncc23)CC1. The highest BCUT2D eigenvalue weighted by Gasteiger charge is 2.22. The number of benzene rings is 2. The lowest BCUT2D eigenvalue weighted by atomic mass is 10.0. The van der Waals surface area contributed by atoms with E-state index in [0.717, 1.165) is 43.5 Å². The number of pyridine rings is 1. The Morgan fingerprint density at radius 2 is 1.84 bits per heavy atom. The zero-order valence-electron chi connectivity index (χ0n) is 17.0. The molecule has 0 radical (unpaired) electrons. The fourth-order valence-corrected chi connectivity index (χ4v) is 4.23. The minimum Gasteiger partial charge on any atom is -0.508 e. The van der Waals surface area contributed by atoms with Gasteiger partial charge in [-0.15, -0.1) is 6.58 Å². The number of piperazine rings is 1. The average Bonchev–Trinajstić information content (AvgIpc) is 2.79. The largest absolute Gasteiger partial charge is 0.508 e.